The fourth-order valence-corrected chi connectivity index (χ4v) is 3.66. The lowest BCUT2D eigenvalue weighted by molar-refractivity contribution is 0.0967. The standard InChI is InChI=1S/C13H24N2OS/c1-16-7-6-15(5-4-13(14)17)12-9-10-2-3-11(12)8-10/h10-12H,2-9H2,1H3,(H2,14,17). The number of methoxy groups -OCH3 is 1. The van der Waals surface area contributed by atoms with Gasteiger partial charge in [-0.25, -0.2) is 0 Å². The molecule has 0 spiro atoms. The number of thiocarbonyl (C=S) groups is 1. The lowest BCUT2D eigenvalue weighted by atomic mass is 9.94. The van der Waals surface area contributed by atoms with Gasteiger partial charge in [0.15, 0.2) is 0 Å². The average molecular weight is 256 g/mol. The maximum Gasteiger partial charge on any atom is 0.0740 e. The Balaban J connectivity index is 1.87. The molecule has 2 rings (SSSR count). The van der Waals surface area contributed by atoms with Crippen molar-refractivity contribution in [3.63, 3.8) is 0 Å². The molecule has 0 aromatic heterocycles. The second-order valence-electron chi connectivity index (χ2n) is 5.49. The summed E-state index contributed by atoms with van der Waals surface area (Å²) >= 11 is 4.99. The third kappa shape index (κ3) is 3.39. The van der Waals surface area contributed by atoms with Crippen LogP contribution in [0.15, 0.2) is 0 Å². The highest BCUT2D eigenvalue weighted by Gasteiger charge is 2.41. The van der Waals surface area contributed by atoms with Gasteiger partial charge in [0.25, 0.3) is 0 Å². The van der Waals surface area contributed by atoms with Crippen LogP contribution < -0.4 is 5.73 Å². The summed E-state index contributed by atoms with van der Waals surface area (Å²) in [5.41, 5.74) is 5.62. The molecule has 3 unspecified atom stereocenters. The molecule has 3 nitrogen and oxygen atoms in total. The molecule has 2 aliphatic carbocycles. The fraction of sp³-hybridized carbons (Fsp3) is 0.923. The summed E-state index contributed by atoms with van der Waals surface area (Å²) in [4.78, 5) is 3.20. The Morgan fingerprint density at radius 2 is 2.18 bits per heavy atom. The molecular formula is C13H24N2OS. The van der Waals surface area contributed by atoms with E-state index in [0.717, 1.165) is 44.0 Å². The van der Waals surface area contributed by atoms with Crippen LogP contribution in [0.2, 0.25) is 0 Å². The number of ether oxygens (including phenoxy) is 1. The van der Waals surface area contributed by atoms with Crippen LogP contribution in [0.1, 0.15) is 32.1 Å². The van der Waals surface area contributed by atoms with E-state index in [4.69, 9.17) is 22.7 Å². The first-order chi connectivity index (χ1) is 8.20. The lowest BCUT2D eigenvalue weighted by Gasteiger charge is -2.34. The predicted molar refractivity (Wildman–Crippen MR) is 74.1 cm³/mol. The van der Waals surface area contributed by atoms with Crippen LogP contribution in [-0.4, -0.2) is 42.7 Å². The molecule has 98 valence electrons. The lowest BCUT2D eigenvalue weighted by Crippen LogP contribution is -2.42. The van der Waals surface area contributed by atoms with Crippen LogP contribution in [0.5, 0.6) is 0 Å². The minimum atomic E-state index is 0.635. The number of nitrogens with zero attached hydrogens (tertiary/aromatic N) is 1. The first kappa shape index (κ1) is 13.2. The van der Waals surface area contributed by atoms with Crippen molar-refractivity contribution in [2.24, 2.45) is 17.6 Å². The summed E-state index contributed by atoms with van der Waals surface area (Å²) in [7, 11) is 1.77. The van der Waals surface area contributed by atoms with Gasteiger partial charge in [0, 0.05) is 32.7 Å². The van der Waals surface area contributed by atoms with Crippen molar-refractivity contribution >= 4 is 17.2 Å². The van der Waals surface area contributed by atoms with E-state index in [1.165, 1.54) is 25.7 Å². The van der Waals surface area contributed by atoms with Gasteiger partial charge in [-0.05, 0) is 31.1 Å². The van der Waals surface area contributed by atoms with Gasteiger partial charge in [0.2, 0.25) is 0 Å². The molecule has 2 bridgehead atoms. The van der Waals surface area contributed by atoms with Crippen molar-refractivity contribution in [3.8, 4) is 0 Å². The smallest absolute Gasteiger partial charge is 0.0740 e. The maximum absolute atomic E-state index is 5.62. The molecule has 4 heteroatoms. The normalized spacial score (nSPS) is 31.3. The van der Waals surface area contributed by atoms with E-state index in [0.29, 0.717) is 4.99 Å². The zero-order valence-electron chi connectivity index (χ0n) is 10.7. The summed E-state index contributed by atoms with van der Waals surface area (Å²) in [6.45, 7) is 2.84. The average Bonchev–Trinajstić information content (AvgIpc) is 2.90. The Bertz CT molecular complexity index is 272. The van der Waals surface area contributed by atoms with E-state index in [2.05, 4.69) is 4.90 Å². The molecule has 2 saturated carbocycles. The van der Waals surface area contributed by atoms with Gasteiger partial charge in [-0.15, -0.1) is 0 Å². The predicted octanol–water partition coefficient (Wildman–Crippen LogP) is 1.80. The van der Waals surface area contributed by atoms with E-state index in [1.54, 1.807) is 7.11 Å². The summed E-state index contributed by atoms with van der Waals surface area (Å²) in [6, 6.07) is 0.762. The third-order valence-corrected chi connectivity index (χ3v) is 4.60. The Morgan fingerprint density at radius 3 is 2.71 bits per heavy atom. The first-order valence-electron chi connectivity index (χ1n) is 6.72. The summed E-state index contributed by atoms with van der Waals surface area (Å²) in [5.74, 6) is 1.91. The molecule has 3 atom stereocenters. The molecule has 0 aromatic rings. The van der Waals surface area contributed by atoms with E-state index in [9.17, 15) is 0 Å². The highest BCUT2D eigenvalue weighted by Crippen LogP contribution is 2.46. The Kier molecular flexibility index (Phi) is 4.77. The zero-order valence-corrected chi connectivity index (χ0v) is 11.5. The number of nitrogens with two attached hydrogens (primary N) is 1. The van der Waals surface area contributed by atoms with Gasteiger partial charge in [0.1, 0.15) is 0 Å². The van der Waals surface area contributed by atoms with Crippen LogP contribution in [0.3, 0.4) is 0 Å². The van der Waals surface area contributed by atoms with E-state index >= 15 is 0 Å². The molecule has 0 amide bonds. The quantitative estimate of drug-likeness (QED) is 0.705. The van der Waals surface area contributed by atoms with Crippen molar-refractivity contribution in [1.29, 1.82) is 0 Å². The number of hydrogen-bond acceptors (Lipinski definition) is 3. The monoisotopic (exact) mass is 256 g/mol. The molecule has 0 aromatic carbocycles. The number of hydrogen-bond donors (Lipinski definition) is 1. The van der Waals surface area contributed by atoms with Crippen molar-refractivity contribution in [2.45, 2.75) is 38.1 Å². The van der Waals surface area contributed by atoms with Crippen LogP contribution in [-0.2, 0) is 4.74 Å². The maximum atomic E-state index is 5.62. The summed E-state index contributed by atoms with van der Waals surface area (Å²) in [6.07, 6.45) is 6.54. The molecule has 0 radical (unpaired) electrons. The fourth-order valence-electron chi connectivity index (χ4n) is 3.56. The Hall–Kier alpha value is -0.190. The van der Waals surface area contributed by atoms with Gasteiger partial charge >= 0.3 is 0 Å². The van der Waals surface area contributed by atoms with Gasteiger partial charge in [-0.1, -0.05) is 18.6 Å². The number of fused-ring (bicyclic) bond motifs is 2. The van der Waals surface area contributed by atoms with E-state index in [-0.39, 0.29) is 0 Å². The topological polar surface area (TPSA) is 38.5 Å². The van der Waals surface area contributed by atoms with E-state index in [1.807, 2.05) is 0 Å². The Labute approximate surface area is 110 Å². The number of rotatable bonds is 7. The van der Waals surface area contributed by atoms with Gasteiger partial charge in [0.05, 0.1) is 11.6 Å². The molecular weight excluding hydrogens is 232 g/mol. The second kappa shape index (κ2) is 6.12. The Morgan fingerprint density at radius 1 is 1.35 bits per heavy atom. The zero-order chi connectivity index (χ0) is 12.3. The highest BCUT2D eigenvalue weighted by atomic mass is 32.1. The molecule has 0 aliphatic heterocycles. The minimum Gasteiger partial charge on any atom is -0.393 e. The van der Waals surface area contributed by atoms with Crippen LogP contribution in [0, 0.1) is 11.8 Å². The molecule has 17 heavy (non-hydrogen) atoms. The molecule has 0 heterocycles. The van der Waals surface area contributed by atoms with E-state index < -0.39 is 0 Å². The summed E-state index contributed by atoms with van der Waals surface area (Å²) in [5, 5.41) is 0. The van der Waals surface area contributed by atoms with Gasteiger partial charge in [-0.2, -0.15) is 0 Å². The molecule has 2 N–H and O–H groups in total. The second-order valence-corrected chi connectivity index (χ2v) is 6.01. The highest BCUT2D eigenvalue weighted by molar-refractivity contribution is 7.80. The molecule has 2 fully saturated rings. The summed E-state index contributed by atoms with van der Waals surface area (Å²) < 4.78 is 5.21. The van der Waals surface area contributed by atoms with Crippen molar-refractivity contribution in [1.82, 2.24) is 4.90 Å². The molecule has 2 aliphatic rings. The van der Waals surface area contributed by atoms with Gasteiger partial charge < -0.3 is 10.5 Å². The minimum absolute atomic E-state index is 0.635. The molecule has 0 saturated heterocycles. The largest absolute Gasteiger partial charge is 0.393 e. The van der Waals surface area contributed by atoms with Crippen LogP contribution in [0.25, 0.3) is 0 Å². The van der Waals surface area contributed by atoms with Crippen LogP contribution >= 0.6 is 12.2 Å². The van der Waals surface area contributed by atoms with Crippen LogP contribution in [0.4, 0.5) is 0 Å². The van der Waals surface area contributed by atoms with Crippen molar-refractivity contribution in [3.05, 3.63) is 0 Å². The van der Waals surface area contributed by atoms with Crippen molar-refractivity contribution < 1.29 is 4.74 Å². The van der Waals surface area contributed by atoms with Gasteiger partial charge in [-0.3, -0.25) is 4.90 Å². The van der Waals surface area contributed by atoms with Crippen molar-refractivity contribution in [2.75, 3.05) is 26.8 Å². The third-order valence-electron chi connectivity index (χ3n) is 4.40. The first-order valence-corrected chi connectivity index (χ1v) is 7.13. The SMILES string of the molecule is COCCN(CCC(N)=S)C1CC2CCC1C2.